The Hall–Kier alpha value is -3.91. The summed E-state index contributed by atoms with van der Waals surface area (Å²) in [6, 6.07) is 15.3. The van der Waals surface area contributed by atoms with Gasteiger partial charge in [0.25, 0.3) is 5.91 Å². The molecule has 34 heavy (non-hydrogen) atoms. The Labute approximate surface area is 198 Å². The smallest absolute Gasteiger partial charge is 0.257 e. The summed E-state index contributed by atoms with van der Waals surface area (Å²) in [7, 11) is 1.63. The highest BCUT2D eigenvalue weighted by Crippen LogP contribution is 2.24. The minimum absolute atomic E-state index is 0.0564. The molecule has 3 aromatic heterocycles. The van der Waals surface area contributed by atoms with Gasteiger partial charge in [-0.25, -0.2) is 9.97 Å². The quantitative estimate of drug-likeness (QED) is 0.474. The van der Waals surface area contributed by atoms with Gasteiger partial charge < -0.3 is 24.1 Å². The van der Waals surface area contributed by atoms with Crippen molar-refractivity contribution in [3.63, 3.8) is 0 Å². The molecule has 1 atom stereocenters. The van der Waals surface area contributed by atoms with Crippen molar-refractivity contribution in [2.45, 2.75) is 6.42 Å². The highest BCUT2D eigenvalue weighted by atomic mass is 16.5. The monoisotopic (exact) mass is 457 g/mol. The fourth-order valence-electron chi connectivity index (χ4n) is 4.29. The third-order valence-corrected chi connectivity index (χ3v) is 5.97. The second-order valence-electron chi connectivity index (χ2n) is 8.38. The number of nitrogens with zero attached hydrogens (tertiary/aromatic N) is 4. The number of amides is 1. The van der Waals surface area contributed by atoms with Gasteiger partial charge in [0.05, 0.1) is 25.9 Å². The van der Waals surface area contributed by atoms with E-state index >= 15 is 0 Å². The summed E-state index contributed by atoms with van der Waals surface area (Å²) >= 11 is 0. The molecule has 0 radical (unpaired) electrons. The number of methoxy groups -OCH3 is 1. The maximum Gasteiger partial charge on any atom is 0.257 e. The summed E-state index contributed by atoms with van der Waals surface area (Å²) < 4.78 is 13.2. The molecule has 8 heteroatoms. The third kappa shape index (κ3) is 4.87. The second-order valence-corrected chi connectivity index (χ2v) is 8.38. The lowest BCUT2D eigenvalue weighted by atomic mass is 10.0. The lowest BCUT2D eigenvalue weighted by molar-refractivity contribution is 0.0738. The lowest BCUT2D eigenvalue weighted by Gasteiger charge is -2.24. The Bertz CT molecular complexity index is 1290. The van der Waals surface area contributed by atoms with Gasteiger partial charge in [0, 0.05) is 55.5 Å². The topological polar surface area (TPSA) is 81.0 Å². The fraction of sp³-hybridized carbons (Fsp3) is 0.269. The van der Waals surface area contributed by atoms with Crippen LogP contribution in [-0.4, -0.2) is 58.6 Å². The first-order valence-corrected chi connectivity index (χ1v) is 11.3. The average Bonchev–Trinajstić information content (AvgIpc) is 3.21. The van der Waals surface area contributed by atoms with Crippen LogP contribution in [0.2, 0.25) is 0 Å². The number of nitrogens with one attached hydrogen (secondary N) is 1. The number of carbonyl (C=O) groups is 1. The number of pyridine rings is 2. The Morgan fingerprint density at radius 1 is 1.18 bits per heavy atom. The van der Waals surface area contributed by atoms with Crippen molar-refractivity contribution in [2.75, 3.05) is 38.7 Å². The highest BCUT2D eigenvalue weighted by Gasteiger charge is 2.25. The van der Waals surface area contributed by atoms with Crippen LogP contribution in [0.15, 0.2) is 73.3 Å². The molecule has 1 aliphatic heterocycles. The van der Waals surface area contributed by atoms with Crippen molar-refractivity contribution >= 4 is 23.1 Å². The summed E-state index contributed by atoms with van der Waals surface area (Å²) in [6.07, 6.45) is 8.33. The Morgan fingerprint density at radius 3 is 3.03 bits per heavy atom. The minimum Gasteiger partial charge on any atom is -0.497 e. The van der Waals surface area contributed by atoms with Crippen LogP contribution in [0.1, 0.15) is 15.9 Å². The first-order valence-electron chi connectivity index (χ1n) is 11.3. The van der Waals surface area contributed by atoms with Gasteiger partial charge in [-0.1, -0.05) is 12.1 Å². The predicted octanol–water partition coefficient (Wildman–Crippen LogP) is 3.81. The van der Waals surface area contributed by atoms with Gasteiger partial charge in [-0.2, -0.15) is 0 Å². The number of benzene rings is 1. The van der Waals surface area contributed by atoms with Crippen LogP contribution >= 0.6 is 0 Å². The summed E-state index contributed by atoms with van der Waals surface area (Å²) in [4.78, 5) is 24.2. The molecule has 0 saturated carbocycles. The summed E-state index contributed by atoms with van der Waals surface area (Å²) in [5.74, 6) is 1.39. The summed E-state index contributed by atoms with van der Waals surface area (Å²) in [5, 5.41) is 3.27. The molecule has 0 spiro atoms. The van der Waals surface area contributed by atoms with E-state index in [-0.39, 0.29) is 11.8 Å². The zero-order valence-corrected chi connectivity index (χ0v) is 19.1. The van der Waals surface area contributed by atoms with E-state index in [1.54, 1.807) is 25.6 Å². The Balaban J connectivity index is 1.33. The molecular weight excluding hydrogens is 430 g/mol. The van der Waals surface area contributed by atoms with Gasteiger partial charge in [0.1, 0.15) is 17.2 Å². The number of hydrogen-bond acceptors (Lipinski definition) is 6. The predicted molar refractivity (Wildman–Crippen MR) is 130 cm³/mol. The van der Waals surface area contributed by atoms with Crippen molar-refractivity contribution in [3.8, 4) is 5.75 Å². The van der Waals surface area contributed by atoms with Crippen LogP contribution in [0.25, 0.3) is 5.65 Å². The van der Waals surface area contributed by atoms with Gasteiger partial charge in [0.2, 0.25) is 0 Å². The van der Waals surface area contributed by atoms with E-state index in [0.29, 0.717) is 37.7 Å². The van der Waals surface area contributed by atoms with Crippen molar-refractivity contribution in [3.05, 3.63) is 84.4 Å². The summed E-state index contributed by atoms with van der Waals surface area (Å²) in [5.41, 5.74) is 3.45. The Morgan fingerprint density at radius 2 is 2.12 bits per heavy atom. The molecule has 4 aromatic rings. The van der Waals surface area contributed by atoms with Crippen LogP contribution < -0.4 is 10.1 Å². The number of anilines is 2. The molecule has 5 rings (SSSR count). The Kier molecular flexibility index (Phi) is 6.40. The van der Waals surface area contributed by atoms with E-state index in [0.717, 1.165) is 23.5 Å². The van der Waals surface area contributed by atoms with E-state index in [9.17, 15) is 4.79 Å². The van der Waals surface area contributed by atoms with E-state index < -0.39 is 0 Å². The SMILES string of the molecule is COc1cccc(Nc2ncccc2C(=O)N2CCOC[C@H](Cc3ccc4nccn4c3)C2)c1. The summed E-state index contributed by atoms with van der Waals surface area (Å²) in [6.45, 7) is 2.30. The number of imidazole rings is 1. The molecule has 1 aromatic carbocycles. The van der Waals surface area contributed by atoms with E-state index in [2.05, 4.69) is 27.5 Å². The van der Waals surface area contributed by atoms with Crippen molar-refractivity contribution in [2.24, 2.45) is 5.92 Å². The van der Waals surface area contributed by atoms with Crippen molar-refractivity contribution in [1.29, 1.82) is 0 Å². The second kappa shape index (κ2) is 9.93. The molecule has 1 N–H and O–H groups in total. The maximum absolute atomic E-state index is 13.6. The highest BCUT2D eigenvalue weighted by molar-refractivity contribution is 5.99. The first-order chi connectivity index (χ1) is 16.7. The molecule has 1 saturated heterocycles. The molecule has 1 amide bonds. The van der Waals surface area contributed by atoms with E-state index in [4.69, 9.17) is 9.47 Å². The lowest BCUT2D eigenvalue weighted by Crippen LogP contribution is -2.36. The molecule has 8 nitrogen and oxygen atoms in total. The minimum atomic E-state index is -0.0564. The third-order valence-electron chi connectivity index (χ3n) is 5.97. The van der Waals surface area contributed by atoms with Crippen LogP contribution in [0, 0.1) is 5.92 Å². The van der Waals surface area contributed by atoms with Crippen LogP contribution in [0.3, 0.4) is 0 Å². The van der Waals surface area contributed by atoms with Crippen molar-refractivity contribution in [1.82, 2.24) is 19.3 Å². The van der Waals surface area contributed by atoms with Crippen molar-refractivity contribution < 1.29 is 14.3 Å². The molecule has 4 heterocycles. The van der Waals surface area contributed by atoms with E-state index in [1.807, 2.05) is 51.9 Å². The van der Waals surface area contributed by atoms with Crippen LogP contribution in [0.5, 0.6) is 5.75 Å². The number of hydrogen-bond donors (Lipinski definition) is 1. The molecule has 174 valence electrons. The number of rotatable bonds is 6. The standard InChI is InChI=1S/C26H27N5O3/c1-33-22-5-2-4-21(15-22)29-25-23(6-3-9-28-25)26(32)31-12-13-34-18-20(17-31)14-19-7-8-24-27-10-11-30(24)16-19/h2-11,15-16,20H,12-14,17-18H2,1H3,(H,28,29)/t20-/m1/s1. The molecule has 0 bridgehead atoms. The van der Waals surface area contributed by atoms with Gasteiger partial charge in [-0.15, -0.1) is 0 Å². The van der Waals surface area contributed by atoms with Gasteiger partial charge in [0.15, 0.2) is 0 Å². The van der Waals surface area contributed by atoms with Crippen LogP contribution in [0.4, 0.5) is 11.5 Å². The molecule has 1 aliphatic rings. The molecule has 0 aliphatic carbocycles. The zero-order valence-electron chi connectivity index (χ0n) is 19.1. The maximum atomic E-state index is 13.6. The average molecular weight is 458 g/mol. The number of aromatic nitrogens is 3. The number of ether oxygens (including phenoxy) is 2. The fourth-order valence-corrected chi connectivity index (χ4v) is 4.29. The van der Waals surface area contributed by atoms with E-state index in [1.165, 1.54) is 5.56 Å². The zero-order chi connectivity index (χ0) is 23.3. The first kappa shape index (κ1) is 21.9. The van der Waals surface area contributed by atoms with Gasteiger partial charge in [-0.3, -0.25) is 4.79 Å². The molecule has 0 unspecified atom stereocenters. The number of carbonyl (C=O) groups excluding carboxylic acids is 1. The molecule has 1 fully saturated rings. The van der Waals surface area contributed by atoms with Gasteiger partial charge in [-0.05, 0) is 42.3 Å². The van der Waals surface area contributed by atoms with Gasteiger partial charge >= 0.3 is 0 Å². The normalized spacial score (nSPS) is 16.3. The number of fused-ring (bicyclic) bond motifs is 1. The molecular formula is C26H27N5O3. The van der Waals surface area contributed by atoms with Crippen LogP contribution in [-0.2, 0) is 11.2 Å². The largest absolute Gasteiger partial charge is 0.497 e.